The molecule has 0 spiro atoms. The number of nitrogens with zero attached hydrogens (tertiary/aromatic N) is 1. The molecule has 90 valence electrons. The fourth-order valence-corrected chi connectivity index (χ4v) is 2.04. The first-order valence-corrected chi connectivity index (χ1v) is 5.58. The molecule has 0 unspecified atom stereocenters. The molecule has 17 heavy (non-hydrogen) atoms. The van der Waals surface area contributed by atoms with Gasteiger partial charge in [0, 0.05) is 24.9 Å². The van der Waals surface area contributed by atoms with Crippen molar-refractivity contribution in [2.75, 3.05) is 18.0 Å². The van der Waals surface area contributed by atoms with Gasteiger partial charge < -0.3 is 10.0 Å². The van der Waals surface area contributed by atoms with Crippen molar-refractivity contribution in [3.05, 3.63) is 41.7 Å². The second kappa shape index (κ2) is 4.99. The van der Waals surface area contributed by atoms with Gasteiger partial charge in [-0.05, 0) is 31.0 Å². The molecule has 1 aromatic rings. The molecule has 1 N–H and O–H groups in total. The van der Waals surface area contributed by atoms with E-state index >= 15 is 0 Å². The van der Waals surface area contributed by atoms with Crippen LogP contribution in [0.5, 0.6) is 0 Å². The summed E-state index contributed by atoms with van der Waals surface area (Å²) in [5.74, 6) is -1.13. The summed E-state index contributed by atoms with van der Waals surface area (Å²) in [5.41, 5.74) is 1.81. The summed E-state index contributed by atoms with van der Waals surface area (Å²) in [6.07, 6.45) is 2.73. The van der Waals surface area contributed by atoms with Crippen LogP contribution in [-0.4, -0.2) is 24.2 Å². The summed E-state index contributed by atoms with van der Waals surface area (Å²) >= 11 is 0. The molecule has 2 rings (SSSR count). The molecular weight excluding hydrogens is 221 g/mol. The standard InChI is InChI=1S/C13H14FNO2/c14-11-2-1-3-12(9-11)15-6-4-10(5-7-15)8-13(16)17/h1-3,8-9H,4-7H2,(H,16,17). The minimum absolute atomic E-state index is 0.241. The third-order valence-corrected chi connectivity index (χ3v) is 2.91. The molecule has 1 fully saturated rings. The molecular formula is C13H14FNO2. The zero-order chi connectivity index (χ0) is 12.3. The monoisotopic (exact) mass is 235 g/mol. The number of carbonyl (C=O) groups is 1. The topological polar surface area (TPSA) is 40.5 Å². The smallest absolute Gasteiger partial charge is 0.328 e. The molecule has 1 aromatic carbocycles. The summed E-state index contributed by atoms with van der Waals surface area (Å²) in [6, 6.07) is 6.48. The van der Waals surface area contributed by atoms with Crippen molar-refractivity contribution in [3.8, 4) is 0 Å². The lowest BCUT2D eigenvalue weighted by Crippen LogP contribution is -2.30. The van der Waals surface area contributed by atoms with E-state index in [-0.39, 0.29) is 5.82 Å². The maximum absolute atomic E-state index is 13.1. The van der Waals surface area contributed by atoms with Crippen molar-refractivity contribution < 1.29 is 14.3 Å². The minimum Gasteiger partial charge on any atom is -0.478 e. The Labute approximate surface area is 99.2 Å². The Morgan fingerprint density at radius 2 is 2.06 bits per heavy atom. The lowest BCUT2D eigenvalue weighted by atomic mass is 10.0. The van der Waals surface area contributed by atoms with E-state index in [2.05, 4.69) is 4.90 Å². The van der Waals surface area contributed by atoms with Crippen molar-refractivity contribution in [1.29, 1.82) is 0 Å². The average Bonchev–Trinajstić information content (AvgIpc) is 2.29. The predicted octanol–water partition coefficient (Wildman–Crippen LogP) is 2.44. The summed E-state index contributed by atoms with van der Waals surface area (Å²) in [6.45, 7) is 1.48. The summed E-state index contributed by atoms with van der Waals surface area (Å²) in [5, 5.41) is 8.65. The highest BCUT2D eigenvalue weighted by molar-refractivity contribution is 5.80. The van der Waals surface area contributed by atoms with E-state index < -0.39 is 5.97 Å². The van der Waals surface area contributed by atoms with Crippen LogP contribution in [0.25, 0.3) is 0 Å². The number of hydrogen-bond acceptors (Lipinski definition) is 2. The number of halogens is 1. The third kappa shape index (κ3) is 3.06. The molecule has 1 saturated heterocycles. The van der Waals surface area contributed by atoms with Gasteiger partial charge in [-0.25, -0.2) is 9.18 Å². The summed E-state index contributed by atoms with van der Waals surface area (Å²) in [4.78, 5) is 12.6. The number of piperidine rings is 1. The van der Waals surface area contributed by atoms with Gasteiger partial charge in [0.15, 0.2) is 0 Å². The Kier molecular flexibility index (Phi) is 3.42. The van der Waals surface area contributed by atoms with Gasteiger partial charge in [0.05, 0.1) is 0 Å². The lowest BCUT2D eigenvalue weighted by Gasteiger charge is -2.30. The summed E-state index contributed by atoms with van der Waals surface area (Å²) in [7, 11) is 0. The van der Waals surface area contributed by atoms with Crippen molar-refractivity contribution in [2.24, 2.45) is 0 Å². The minimum atomic E-state index is -0.890. The highest BCUT2D eigenvalue weighted by Gasteiger charge is 2.15. The van der Waals surface area contributed by atoms with Crippen LogP contribution in [0.15, 0.2) is 35.9 Å². The second-order valence-electron chi connectivity index (χ2n) is 4.11. The number of carboxylic acid groups (broad SMARTS) is 1. The highest BCUT2D eigenvalue weighted by Crippen LogP contribution is 2.23. The number of carboxylic acids is 1. The third-order valence-electron chi connectivity index (χ3n) is 2.91. The van der Waals surface area contributed by atoms with Gasteiger partial charge in [-0.3, -0.25) is 0 Å². The van der Waals surface area contributed by atoms with E-state index in [0.29, 0.717) is 0 Å². The molecule has 0 saturated carbocycles. The van der Waals surface area contributed by atoms with E-state index in [1.165, 1.54) is 18.2 Å². The van der Waals surface area contributed by atoms with Crippen molar-refractivity contribution in [3.63, 3.8) is 0 Å². The average molecular weight is 235 g/mol. The number of rotatable bonds is 2. The molecule has 1 aliphatic rings. The van der Waals surface area contributed by atoms with Gasteiger partial charge in [0.25, 0.3) is 0 Å². The van der Waals surface area contributed by atoms with Crippen LogP contribution >= 0.6 is 0 Å². The van der Waals surface area contributed by atoms with E-state index in [0.717, 1.165) is 37.2 Å². The molecule has 0 atom stereocenters. The number of benzene rings is 1. The van der Waals surface area contributed by atoms with Crippen molar-refractivity contribution in [2.45, 2.75) is 12.8 Å². The molecule has 0 aromatic heterocycles. The Hall–Kier alpha value is -1.84. The first-order chi connectivity index (χ1) is 8.15. The first-order valence-electron chi connectivity index (χ1n) is 5.58. The normalized spacial score (nSPS) is 15.8. The van der Waals surface area contributed by atoms with E-state index in [4.69, 9.17) is 5.11 Å². The van der Waals surface area contributed by atoms with E-state index in [1.807, 2.05) is 6.07 Å². The van der Waals surface area contributed by atoms with Gasteiger partial charge >= 0.3 is 5.97 Å². The van der Waals surface area contributed by atoms with Gasteiger partial charge in [0.1, 0.15) is 5.82 Å². The van der Waals surface area contributed by atoms with Gasteiger partial charge in [0.2, 0.25) is 0 Å². The van der Waals surface area contributed by atoms with Crippen LogP contribution in [0, 0.1) is 5.82 Å². The van der Waals surface area contributed by atoms with E-state index in [1.54, 1.807) is 6.07 Å². The van der Waals surface area contributed by atoms with Gasteiger partial charge in [-0.2, -0.15) is 0 Å². The maximum atomic E-state index is 13.1. The van der Waals surface area contributed by atoms with Gasteiger partial charge in [-0.15, -0.1) is 0 Å². The van der Waals surface area contributed by atoms with Gasteiger partial charge in [-0.1, -0.05) is 11.6 Å². The largest absolute Gasteiger partial charge is 0.478 e. The zero-order valence-electron chi connectivity index (χ0n) is 9.40. The lowest BCUT2D eigenvalue weighted by molar-refractivity contribution is -0.131. The molecule has 0 amide bonds. The summed E-state index contributed by atoms with van der Waals surface area (Å²) < 4.78 is 13.1. The maximum Gasteiger partial charge on any atom is 0.328 e. The molecule has 0 radical (unpaired) electrons. The molecule has 3 nitrogen and oxygen atoms in total. The van der Waals surface area contributed by atoms with Crippen LogP contribution in [-0.2, 0) is 4.79 Å². The fourth-order valence-electron chi connectivity index (χ4n) is 2.04. The van der Waals surface area contributed by atoms with Crippen LogP contribution in [0.4, 0.5) is 10.1 Å². The molecule has 1 heterocycles. The first kappa shape index (κ1) is 11.6. The Balaban J connectivity index is 2.02. The molecule has 0 bridgehead atoms. The van der Waals surface area contributed by atoms with Crippen LogP contribution in [0.3, 0.4) is 0 Å². The Morgan fingerprint density at radius 3 is 2.65 bits per heavy atom. The predicted molar refractivity (Wildman–Crippen MR) is 63.6 cm³/mol. The Bertz CT molecular complexity index is 446. The number of anilines is 1. The van der Waals surface area contributed by atoms with Crippen molar-refractivity contribution in [1.82, 2.24) is 0 Å². The van der Waals surface area contributed by atoms with Crippen LogP contribution in [0.1, 0.15) is 12.8 Å². The highest BCUT2D eigenvalue weighted by atomic mass is 19.1. The molecule has 0 aliphatic carbocycles. The number of aliphatic carboxylic acids is 1. The zero-order valence-corrected chi connectivity index (χ0v) is 9.40. The molecule has 4 heteroatoms. The number of hydrogen-bond donors (Lipinski definition) is 1. The van der Waals surface area contributed by atoms with Crippen LogP contribution < -0.4 is 4.90 Å². The quantitative estimate of drug-likeness (QED) is 0.800. The fraction of sp³-hybridized carbons (Fsp3) is 0.308. The van der Waals surface area contributed by atoms with Crippen molar-refractivity contribution >= 4 is 11.7 Å². The SMILES string of the molecule is O=C(O)C=C1CCN(c2cccc(F)c2)CC1. The van der Waals surface area contributed by atoms with E-state index in [9.17, 15) is 9.18 Å². The second-order valence-corrected chi connectivity index (χ2v) is 4.11. The Morgan fingerprint density at radius 1 is 1.35 bits per heavy atom. The van der Waals surface area contributed by atoms with Crippen LogP contribution in [0.2, 0.25) is 0 Å². The molecule has 1 aliphatic heterocycles.